The van der Waals surface area contributed by atoms with Crippen LogP contribution in [0.25, 0.3) is 11.2 Å². The van der Waals surface area contributed by atoms with Crippen LogP contribution in [0, 0.1) is 0 Å². The number of fused-ring (bicyclic) bond motifs is 1. The first-order valence-electron chi connectivity index (χ1n) is 15.2. The van der Waals surface area contributed by atoms with Gasteiger partial charge in [-0.2, -0.15) is 4.98 Å². The lowest BCUT2D eigenvalue weighted by Crippen LogP contribution is -2.38. The molecule has 1 saturated heterocycles. The van der Waals surface area contributed by atoms with Crippen molar-refractivity contribution in [2.45, 2.75) is 43.8 Å². The van der Waals surface area contributed by atoms with Gasteiger partial charge in [-0.25, -0.2) is 9.36 Å². The zero-order chi connectivity index (χ0) is 32.3. The first kappa shape index (κ1) is 31.1. The largest absolute Gasteiger partial charge is 0.497 e. The van der Waals surface area contributed by atoms with Gasteiger partial charge in [0, 0.05) is 13.0 Å². The summed E-state index contributed by atoms with van der Waals surface area (Å²) in [7, 11) is 3.23. The van der Waals surface area contributed by atoms with Gasteiger partial charge < -0.3 is 29.4 Å². The van der Waals surface area contributed by atoms with Crippen molar-refractivity contribution in [3.8, 4) is 11.5 Å². The highest BCUT2D eigenvalue weighted by atomic mass is 16.6. The van der Waals surface area contributed by atoms with Crippen molar-refractivity contribution in [1.29, 1.82) is 0 Å². The summed E-state index contributed by atoms with van der Waals surface area (Å²) in [5.41, 5.74) is 0.534. The van der Waals surface area contributed by atoms with Gasteiger partial charge in [-0.15, -0.1) is 0 Å². The number of aromatic amines is 2. The van der Waals surface area contributed by atoms with E-state index in [-0.39, 0.29) is 30.1 Å². The van der Waals surface area contributed by atoms with Gasteiger partial charge in [0.1, 0.15) is 29.4 Å². The summed E-state index contributed by atoms with van der Waals surface area (Å²) in [5.74, 6) is 1.64. The number of ether oxygens (including phenoxy) is 4. The molecule has 1 aliphatic heterocycles. The summed E-state index contributed by atoms with van der Waals surface area (Å²) in [6.45, 7) is 2.55. The average Bonchev–Trinajstić information content (AvgIpc) is 3.63. The van der Waals surface area contributed by atoms with E-state index in [0.29, 0.717) is 18.0 Å². The molecule has 3 heterocycles. The number of aromatic nitrogens is 4. The van der Waals surface area contributed by atoms with Crippen molar-refractivity contribution >= 4 is 17.1 Å². The molecule has 0 bridgehead atoms. The standard InChI is InChI=1S/C34H37N5O7/c1-4-18-35-32-37-30-29(31(41)38-32)36-33(42)39(30)28-19-26(40)27(46-28)20-45-34(21-8-6-5-7-9-21,22-10-14-24(43-2)15-11-22)23-12-16-25(44-3)17-13-23/h5-17,26-28,40H,4,18-20H2,1-3H3,(H,36,42)(H2,35,37,38,41)/t26-,27+,28+/m0/s1. The van der Waals surface area contributed by atoms with Crippen LogP contribution < -0.4 is 26.0 Å². The van der Waals surface area contributed by atoms with Gasteiger partial charge in [0.05, 0.1) is 26.9 Å². The average molecular weight is 628 g/mol. The molecule has 240 valence electrons. The third kappa shape index (κ3) is 5.78. The maximum atomic E-state index is 13.1. The smallest absolute Gasteiger partial charge is 0.329 e. The van der Waals surface area contributed by atoms with Gasteiger partial charge in [-0.05, 0) is 47.4 Å². The van der Waals surface area contributed by atoms with Crippen LogP contribution in [0.3, 0.4) is 0 Å². The van der Waals surface area contributed by atoms with Crippen molar-refractivity contribution in [2.75, 3.05) is 32.7 Å². The van der Waals surface area contributed by atoms with Crippen LogP contribution in [0.1, 0.15) is 42.7 Å². The Hall–Kier alpha value is -4.91. The van der Waals surface area contributed by atoms with Crippen molar-refractivity contribution in [2.24, 2.45) is 0 Å². The van der Waals surface area contributed by atoms with Crippen LogP contribution in [0.2, 0.25) is 0 Å². The molecule has 1 fully saturated rings. The molecule has 1 aliphatic rings. The van der Waals surface area contributed by atoms with Gasteiger partial charge in [0.2, 0.25) is 5.95 Å². The molecule has 12 heteroatoms. The minimum Gasteiger partial charge on any atom is -0.497 e. The molecule has 3 aromatic carbocycles. The first-order chi connectivity index (χ1) is 22.4. The molecule has 0 unspecified atom stereocenters. The quantitative estimate of drug-likeness (QED) is 0.151. The van der Waals surface area contributed by atoms with Gasteiger partial charge >= 0.3 is 5.69 Å². The maximum Gasteiger partial charge on any atom is 0.329 e. The minimum atomic E-state index is -1.12. The molecule has 2 aromatic heterocycles. The second-order valence-corrected chi connectivity index (χ2v) is 11.1. The minimum absolute atomic E-state index is 0.0287. The molecule has 0 aliphatic carbocycles. The molecule has 6 rings (SSSR count). The highest BCUT2D eigenvalue weighted by molar-refractivity contribution is 5.70. The number of methoxy groups -OCH3 is 2. The van der Waals surface area contributed by atoms with E-state index in [4.69, 9.17) is 18.9 Å². The van der Waals surface area contributed by atoms with E-state index in [1.807, 2.05) is 85.8 Å². The summed E-state index contributed by atoms with van der Waals surface area (Å²) in [4.78, 5) is 35.5. The summed E-state index contributed by atoms with van der Waals surface area (Å²) in [6.07, 6.45) is -1.75. The Kier molecular flexibility index (Phi) is 8.93. The molecule has 3 atom stereocenters. The van der Waals surface area contributed by atoms with E-state index in [2.05, 4.69) is 20.3 Å². The number of hydrogen-bond donors (Lipinski definition) is 4. The number of nitrogens with one attached hydrogen (secondary N) is 3. The summed E-state index contributed by atoms with van der Waals surface area (Å²) in [6, 6.07) is 25.1. The van der Waals surface area contributed by atoms with Crippen LogP contribution in [-0.4, -0.2) is 64.2 Å². The van der Waals surface area contributed by atoms with Crippen molar-refractivity contribution in [3.05, 3.63) is 116 Å². The summed E-state index contributed by atoms with van der Waals surface area (Å²) < 4.78 is 25.3. The molecule has 46 heavy (non-hydrogen) atoms. The highest BCUT2D eigenvalue weighted by Gasteiger charge is 2.42. The number of anilines is 1. The number of hydrogen-bond acceptors (Lipinski definition) is 9. The fourth-order valence-corrected chi connectivity index (χ4v) is 5.91. The van der Waals surface area contributed by atoms with Gasteiger partial charge in [-0.1, -0.05) is 61.5 Å². The Morgan fingerprint density at radius 3 is 2.13 bits per heavy atom. The number of benzene rings is 3. The normalized spacial score (nSPS) is 18.1. The van der Waals surface area contributed by atoms with Crippen LogP contribution >= 0.6 is 0 Å². The third-order valence-corrected chi connectivity index (χ3v) is 8.25. The third-order valence-electron chi connectivity index (χ3n) is 8.25. The van der Waals surface area contributed by atoms with Crippen LogP contribution in [0.4, 0.5) is 5.95 Å². The molecular weight excluding hydrogens is 590 g/mol. The Bertz CT molecular complexity index is 1840. The molecule has 0 radical (unpaired) electrons. The zero-order valence-electron chi connectivity index (χ0n) is 25.9. The Labute approximate surface area is 264 Å². The van der Waals surface area contributed by atoms with Crippen LogP contribution in [0.15, 0.2) is 88.5 Å². The number of aliphatic hydroxyl groups excluding tert-OH is 1. The number of rotatable bonds is 12. The van der Waals surface area contributed by atoms with Gasteiger partial charge in [0.25, 0.3) is 5.56 Å². The fourth-order valence-electron chi connectivity index (χ4n) is 5.91. The zero-order valence-corrected chi connectivity index (χ0v) is 25.9. The number of nitrogens with zero attached hydrogens (tertiary/aromatic N) is 2. The lowest BCUT2D eigenvalue weighted by atomic mass is 9.80. The topological polar surface area (TPSA) is 153 Å². The molecule has 0 amide bonds. The second kappa shape index (κ2) is 13.2. The van der Waals surface area contributed by atoms with Crippen molar-refractivity contribution < 1.29 is 24.1 Å². The van der Waals surface area contributed by atoms with E-state index < -0.39 is 35.3 Å². The Morgan fingerprint density at radius 2 is 1.54 bits per heavy atom. The summed E-state index contributed by atoms with van der Waals surface area (Å²) in [5, 5.41) is 14.3. The van der Waals surface area contributed by atoms with E-state index in [9.17, 15) is 14.7 Å². The summed E-state index contributed by atoms with van der Waals surface area (Å²) >= 11 is 0. The van der Waals surface area contributed by atoms with Crippen LogP contribution in [-0.2, 0) is 15.1 Å². The first-order valence-corrected chi connectivity index (χ1v) is 15.2. The number of H-pyrrole nitrogens is 2. The Morgan fingerprint density at radius 1 is 0.935 bits per heavy atom. The molecule has 5 aromatic rings. The predicted octanol–water partition coefficient (Wildman–Crippen LogP) is 3.91. The molecular formula is C34H37N5O7. The van der Waals surface area contributed by atoms with E-state index >= 15 is 0 Å². The second-order valence-electron chi connectivity index (χ2n) is 11.1. The molecule has 0 saturated carbocycles. The Balaban J connectivity index is 1.36. The van der Waals surface area contributed by atoms with Crippen molar-refractivity contribution in [1.82, 2.24) is 19.5 Å². The van der Waals surface area contributed by atoms with Crippen LogP contribution in [0.5, 0.6) is 11.5 Å². The maximum absolute atomic E-state index is 13.1. The highest BCUT2D eigenvalue weighted by Crippen LogP contribution is 2.42. The fraction of sp³-hybridized carbons (Fsp3) is 0.324. The van der Waals surface area contributed by atoms with E-state index in [0.717, 1.165) is 23.1 Å². The predicted molar refractivity (Wildman–Crippen MR) is 173 cm³/mol. The number of imidazole rings is 1. The lowest BCUT2D eigenvalue weighted by Gasteiger charge is -2.37. The van der Waals surface area contributed by atoms with E-state index in [1.54, 1.807) is 14.2 Å². The lowest BCUT2D eigenvalue weighted by molar-refractivity contribution is -0.0935. The van der Waals surface area contributed by atoms with Crippen molar-refractivity contribution in [3.63, 3.8) is 0 Å². The molecule has 0 spiro atoms. The monoisotopic (exact) mass is 627 g/mol. The molecule has 4 N–H and O–H groups in total. The number of aliphatic hydroxyl groups is 1. The van der Waals surface area contributed by atoms with Gasteiger partial charge in [0.15, 0.2) is 11.2 Å². The van der Waals surface area contributed by atoms with E-state index in [1.165, 1.54) is 4.57 Å². The molecule has 12 nitrogen and oxygen atoms in total. The SMILES string of the molecule is CCCNc1nc2c([nH]c(=O)n2[C@H]2C[C@H](O)[C@@H](COC(c3ccccc3)(c3ccc(OC)cc3)c3ccc(OC)cc3)O2)c(=O)[nH]1. The van der Waals surface area contributed by atoms with Gasteiger partial charge in [-0.3, -0.25) is 14.8 Å².